The Morgan fingerprint density at radius 1 is 0.476 bits per heavy atom. The minimum absolute atomic E-state index is 1.54. The highest BCUT2D eigenvalue weighted by Gasteiger charge is 2.45. The summed E-state index contributed by atoms with van der Waals surface area (Å²) < 4.78 is 6.15. The lowest BCUT2D eigenvalue weighted by Gasteiger charge is -2.27. The average molecular weight is 361 g/mol. The van der Waals surface area contributed by atoms with Gasteiger partial charge in [0.25, 0.3) is 0 Å². The molecule has 0 aromatic carbocycles. The molecule has 0 spiro atoms. The van der Waals surface area contributed by atoms with Crippen LogP contribution in [0.1, 0.15) is 0 Å². The molecule has 4 rings (SSSR count). The van der Waals surface area contributed by atoms with Crippen molar-refractivity contribution >= 4 is 71.4 Å². The van der Waals surface area contributed by atoms with Crippen LogP contribution in [-0.4, -0.2) is 8.07 Å². The summed E-state index contributed by atoms with van der Waals surface area (Å²) >= 11 is 7.63. The molecule has 0 atom stereocenters. The summed E-state index contributed by atoms with van der Waals surface area (Å²) in [5.41, 5.74) is 0. The smallest absolute Gasteiger partial charge is 0.152 e. The van der Waals surface area contributed by atoms with Crippen molar-refractivity contribution < 1.29 is 0 Å². The van der Waals surface area contributed by atoms with Gasteiger partial charge in [0.15, 0.2) is 0 Å². The first-order chi connectivity index (χ1) is 10.4. The van der Waals surface area contributed by atoms with Crippen LogP contribution < -0.4 is 18.0 Å². The van der Waals surface area contributed by atoms with Crippen molar-refractivity contribution in [1.29, 1.82) is 0 Å². The maximum Gasteiger partial charge on any atom is 0.222 e. The molecule has 4 heterocycles. The fraction of sp³-hybridized carbons (Fsp3) is 0. The number of rotatable bonds is 4. The number of thiophene rings is 4. The minimum Gasteiger partial charge on any atom is -0.152 e. The Labute approximate surface area is 141 Å². The highest BCUT2D eigenvalue weighted by atomic mass is 32.1. The van der Waals surface area contributed by atoms with Crippen molar-refractivity contribution in [1.82, 2.24) is 0 Å². The average Bonchev–Trinajstić information content (AvgIpc) is 3.32. The van der Waals surface area contributed by atoms with Gasteiger partial charge in [0.2, 0.25) is 8.07 Å². The molecule has 0 bridgehead atoms. The number of hydrogen-bond donors (Lipinski definition) is 0. The van der Waals surface area contributed by atoms with Gasteiger partial charge in [-0.25, -0.2) is 0 Å². The van der Waals surface area contributed by atoms with Crippen molar-refractivity contribution in [2.24, 2.45) is 0 Å². The Morgan fingerprint density at radius 3 is 0.952 bits per heavy atom. The number of hydrogen-bond acceptors (Lipinski definition) is 4. The van der Waals surface area contributed by atoms with E-state index >= 15 is 0 Å². The zero-order valence-electron chi connectivity index (χ0n) is 11.1. The van der Waals surface area contributed by atoms with Gasteiger partial charge in [-0.15, -0.1) is 0 Å². The van der Waals surface area contributed by atoms with E-state index in [2.05, 4.69) is 70.1 Å². The Kier molecular flexibility index (Phi) is 3.68. The topological polar surface area (TPSA) is 0 Å². The summed E-state index contributed by atoms with van der Waals surface area (Å²) in [5, 5.41) is 8.86. The molecular formula is C16H12S4Si. The van der Waals surface area contributed by atoms with E-state index in [0.717, 1.165) is 0 Å². The van der Waals surface area contributed by atoms with Gasteiger partial charge in [0.1, 0.15) is 0 Å². The second kappa shape index (κ2) is 5.66. The molecule has 0 fully saturated rings. The molecule has 0 aliphatic heterocycles. The summed E-state index contributed by atoms with van der Waals surface area (Å²) in [5.74, 6) is 0. The quantitative estimate of drug-likeness (QED) is 0.490. The second-order valence-corrected chi connectivity index (χ2v) is 13.6. The van der Waals surface area contributed by atoms with Crippen molar-refractivity contribution in [3.8, 4) is 0 Å². The zero-order chi connectivity index (χ0) is 14.1. The molecular weight excluding hydrogens is 349 g/mol. The van der Waals surface area contributed by atoms with Crippen molar-refractivity contribution in [2.45, 2.75) is 0 Å². The van der Waals surface area contributed by atoms with Crippen molar-refractivity contribution in [2.75, 3.05) is 0 Å². The molecule has 0 aliphatic rings. The van der Waals surface area contributed by atoms with Crippen LogP contribution >= 0.6 is 45.3 Å². The van der Waals surface area contributed by atoms with Crippen LogP contribution in [0.2, 0.25) is 0 Å². The van der Waals surface area contributed by atoms with E-state index in [1.54, 1.807) is 0 Å². The lowest BCUT2D eigenvalue weighted by molar-refractivity contribution is 1.96. The largest absolute Gasteiger partial charge is 0.222 e. The highest BCUT2D eigenvalue weighted by molar-refractivity contribution is 7.52. The van der Waals surface area contributed by atoms with E-state index in [1.807, 2.05) is 45.3 Å². The fourth-order valence-corrected chi connectivity index (χ4v) is 16.1. The molecule has 21 heavy (non-hydrogen) atoms. The van der Waals surface area contributed by atoms with E-state index in [4.69, 9.17) is 0 Å². The van der Waals surface area contributed by atoms with Crippen molar-refractivity contribution in [3.63, 3.8) is 0 Å². The van der Waals surface area contributed by atoms with Gasteiger partial charge in [0, 0.05) is 18.0 Å². The predicted molar refractivity (Wildman–Crippen MR) is 102 cm³/mol. The molecule has 5 heteroatoms. The van der Waals surface area contributed by atoms with Crippen LogP contribution in [-0.2, 0) is 0 Å². The fourth-order valence-electron chi connectivity index (χ4n) is 2.70. The maximum atomic E-state index is 2.33. The summed E-state index contributed by atoms with van der Waals surface area (Å²) in [6.45, 7) is 0. The highest BCUT2D eigenvalue weighted by Crippen LogP contribution is 2.18. The first-order valence-corrected chi connectivity index (χ1v) is 12.1. The van der Waals surface area contributed by atoms with E-state index in [9.17, 15) is 0 Å². The van der Waals surface area contributed by atoms with Crippen LogP contribution in [0.25, 0.3) is 0 Å². The van der Waals surface area contributed by atoms with E-state index in [1.165, 1.54) is 18.0 Å². The molecule has 0 nitrogen and oxygen atoms in total. The van der Waals surface area contributed by atoms with Gasteiger partial charge in [-0.3, -0.25) is 0 Å². The third-order valence-corrected chi connectivity index (χ3v) is 15.0. The lowest BCUT2D eigenvalue weighted by atomic mass is 10.7. The molecule has 0 amide bonds. The Morgan fingerprint density at radius 2 is 0.762 bits per heavy atom. The van der Waals surface area contributed by atoms with Crippen LogP contribution in [0.4, 0.5) is 0 Å². The van der Waals surface area contributed by atoms with Gasteiger partial charge < -0.3 is 0 Å². The monoisotopic (exact) mass is 360 g/mol. The summed E-state index contributed by atoms with van der Waals surface area (Å²) in [4.78, 5) is 0. The third kappa shape index (κ3) is 2.12. The lowest BCUT2D eigenvalue weighted by Crippen LogP contribution is -2.71. The molecule has 0 N–H and O–H groups in total. The van der Waals surface area contributed by atoms with Crippen LogP contribution in [0.3, 0.4) is 0 Å². The molecule has 4 aromatic rings. The van der Waals surface area contributed by atoms with Crippen molar-refractivity contribution in [3.05, 3.63) is 70.1 Å². The van der Waals surface area contributed by atoms with E-state index < -0.39 is 8.07 Å². The molecule has 0 radical (unpaired) electrons. The standard InChI is InChI=1S/C16H12S4Si/c1-5-13(17-9-1)21(14-6-2-10-18-14,15-7-3-11-19-15)16-8-4-12-20-16/h1-12H. The SMILES string of the molecule is c1csc([Si](c2cccs2)(c2cccs2)c2cccs2)c1. The molecule has 0 aliphatic carbocycles. The van der Waals surface area contributed by atoms with E-state index in [0.29, 0.717) is 0 Å². The maximum absolute atomic E-state index is 2.33. The Balaban J connectivity index is 2.10. The molecule has 104 valence electrons. The third-order valence-electron chi connectivity index (χ3n) is 3.56. The minimum atomic E-state index is -2.02. The molecule has 0 saturated carbocycles. The van der Waals surface area contributed by atoms with Crippen LogP contribution in [0, 0.1) is 0 Å². The summed E-state index contributed by atoms with van der Waals surface area (Å²) in [6.07, 6.45) is 0. The Hall–Kier alpha value is -0.983. The first kappa shape index (κ1) is 13.7. The van der Waals surface area contributed by atoms with Gasteiger partial charge in [-0.1, -0.05) is 48.5 Å². The second-order valence-electron chi connectivity index (χ2n) is 4.66. The molecule has 4 aromatic heterocycles. The van der Waals surface area contributed by atoms with Crippen LogP contribution in [0.5, 0.6) is 0 Å². The normalized spacial score (nSPS) is 11.8. The molecule has 0 saturated heterocycles. The van der Waals surface area contributed by atoms with Crippen LogP contribution in [0.15, 0.2) is 70.1 Å². The summed E-state index contributed by atoms with van der Waals surface area (Å²) in [7, 11) is -2.02. The van der Waals surface area contributed by atoms with Gasteiger partial charge in [-0.05, 0) is 21.5 Å². The van der Waals surface area contributed by atoms with Gasteiger partial charge in [-0.2, -0.15) is 45.3 Å². The van der Waals surface area contributed by atoms with E-state index in [-0.39, 0.29) is 0 Å². The zero-order valence-corrected chi connectivity index (χ0v) is 15.3. The Bertz CT molecular complexity index is 638. The first-order valence-electron chi connectivity index (χ1n) is 6.58. The summed E-state index contributed by atoms with van der Waals surface area (Å²) in [6, 6.07) is 18.1. The van der Waals surface area contributed by atoms with Gasteiger partial charge in [0.05, 0.1) is 0 Å². The predicted octanol–water partition coefficient (Wildman–Crippen LogP) is 3.31. The van der Waals surface area contributed by atoms with Gasteiger partial charge >= 0.3 is 0 Å². The molecule has 0 unspecified atom stereocenters.